The average molecular weight is 451 g/mol. The first-order valence-electron chi connectivity index (χ1n) is 9.16. The molecule has 0 amide bonds. The summed E-state index contributed by atoms with van der Waals surface area (Å²) in [5, 5.41) is 8.73. The van der Waals surface area contributed by atoms with E-state index in [9.17, 15) is 26.2 Å². The normalized spacial score (nSPS) is 13.2. The molecule has 0 heterocycles. The minimum atomic E-state index is -4.33. The van der Waals surface area contributed by atoms with Gasteiger partial charge in [-0.2, -0.15) is 16.8 Å². The van der Waals surface area contributed by atoms with E-state index in [1.165, 1.54) is 12.1 Å². The molecule has 0 aromatic heterocycles. The number of carboxylic acid groups (broad SMARTS) is 1. The number of aliphatic carboxylic acids is 1. The molecule has 0 aliphatic carbocycles. The topological polar surface area (TPSA) is 149 Å². The van der Waals surface area contributed by atoms with E-state index in [1.54, 1.807) is 13.0 Å². The summed E-state index contributed by atoms with van der Waals surface area (Å²) in [6.45, 7) is 4.05. The second kappa shape index (κ2) is 10.8. The van der Waals surface area contributed by atoms with Crippen LogP contribution in [-0.4, -0.2) is 59.6 Å². The van der Waals surface area contributed by atoms with Crippen molar-refractivity contribution in [2.45, 2.75) is 57.3 Å². The third kappa shape index (κ3) is 9.48. The van der Waals surface area contributed by atoms with Crippen LogP contribution in [0.3, 0.4) is 0 Å². The van der Waals surface area contributed by atoms with Gasteiger partial charge in [-0.15, -0.1) is 0 Å². The highest BCUT2D eigenvalue weighted by molar-refractivity contribution is 7.86. The van der Waals surface area contributed by atoms with Crippen molar-refractivity contribution in [2.24, 2.45) is 0 Å². The fourth-order valence-corrected chi connectivity index (χ4v) is 4.05. The van der Waals surface area contributed by atoms with Crippen LogP contribution in [0.4, 0.5) is 5.69 Å². The number of aryl methyl sites for hydroxylation is 1. The molecular weight excluding hydrogens is 422 g/mol. The minimum Gasteiger partial charge on any atom is -0.481 e. The van der Waals surface area contributed by atoms with Crippen LogP contribution >= 0.6 is 0 Å². The number of carboxylic acids is 1. The van der Waals surface area contributed by atoms with Crippen LogP contribution < -0.4 is 0 Å². The quantitative estimate of drug-likeness (QED) is 0.190. The molecule has 0 saturated heterocycles. The number of hydrogen-bond donors (Lipinski definition) is 3. The number of carbonyl (C=O) groups is 1. The first-order valence-corrected chi connectivity index (χ1v) is 12.2. The number of nitrogens with zero attached hydrogens (tertiary/aromatic N) is 1. The summed E-state index contributed by atoms with van der Waals surface area (Å²) in [6, 6.07) is 4.22. The molecule has 0 bridgehead atoms. The lowest BCUT2D eigenvalue weighted by Crippen LogP contribution is -2.18. The Morgan fingerprint density at radius 3 is 2.17 bits per heavy atom. The highest BCUT2D eigenvalue weighted by Gasteiger charge is 2.20. The summed E-state index contributed by atoms with van der Waals surface area (Å²) in [7, 11) is -8.38. The van der Waals surface area contributed by atoms with Crippen LogP contribution in [0.1, 0.15) is 51.0 Å². The largest absolute Gasteiger partial charge is 0.481 e. The summed E-state index contributed by atoms with van der Waals surface area (Å²) >= 11 is 0. The van der Waals surface area contributed by atoms with Gasteiger partial charge in [0.05, 0.1) is 10.6 Å². The number of rotatable bonds is 12. The zero-order valence-corrected chi connectivity index (χ0v) is 18.2. The molecule has 1 aromatic rings. The highest BCUT2D eigenvalue weighted by Crippen LogP contribution is 2.23. The fraction of sp³-hybridized carbons (Fsp3) is 0.556. The molecule has 9 nitrogen and oxygen atoms in total. The van der Waals surface area contributed by atoms with Crippen molar-refractivity contribution in [3.8, 4) is 0 Å². The van der Waals surface area contributed by atoms with Crippen molar-refractivity contribution in [1.29, 1.82) is 0 Å². The number of benzene rings is 1. The number of hydrogen-bond acceptors (Lipinski definition) is 5. The van der Waals surface area contributed by atoms with Gasteiger partial charge in [0.25, 0.3) is 20.2 Å². The molecule has 0 aliphatic rings. The van der Waals surface area contributed by atoms with E-state index in [0.717, 1.165) is 5.71 Å². The molecule has 0 fully saturated rings. The maximum absolute atomic E-state index is 11.3. The summed E-state index contributed by atoms with van der Waals surface area (Å²) < 4.78 is 64.6. The van der Waals surface area contributed by atoms with Gasteiger partial charge in [-0.25, -0.2) is 4.58 Å². The van der Waals surface area contributed by atoms with Crippen LogP contribution in [-0.2, 0) is 25.0 Å². The van der Waals surface area contributed by atoms with Crippen molar-refractivity contribution in [3.05, 3.63) is 23.8 Å². The molecule has 3 N–H and O–H groups in total. The Kier molecular flexibility index (Phi) is 9.40. The predicted molar refractivity (Wildman–Crippen MR) is 108 cm³/mol. The molecule has 0 spiro atoms. The molecule has 1 aromatic carbocycles. The van der Waals surface area contributed by atoms with Crippen LogP contribution in [0, 0.1) is 6.92 Å². The Morgan fingerprint density at radius 2 is 1.66 bits per heavy atom. The molecular formula is C18H28NO8S2+. The van der Waals surface area contributed by atoms with Gasteiger partial charge in [0.1, 0.15) is 6.54 Å². The zero-order chi connectivity index (χ0) is 22.2. The molecule has 0 unspecified atom stereocenters. The van der Waals surface area contributed by atoms with Gasteiger partial charge in [-0.05, 0) is 38.3 Å². The average Bonchev–Trinajstić information content (AvgIpc) is 2.56. The van der Waals surface area contributed by atoms with Crippen LogP contribution in [0.2, 0.25) is 0 Å². The third-order valence-electron chi connectivity index (χ3n) is 4.43. The standard InChI is InChI=1S/C18H27NO8S2/c1-14-13-16(29(25,26)27)9-10-17(14)19(11-5-3-4-8-18(20)21)15(2)7-6-12-28(22,23)24/h9-10,13H,3-8,11-12H2,1-2H3,(H2-,20,21,22,23,24,25,26,27)/p+1/b19-15-. The Balaban J connectivity index is 3.09. The maximum atomic E-state index is 11.3. The van der Waals surface area contributed by atoms with Gasteiger partial charge in [0.15, 0.2) is 5.71 Å². The maximum Gasteiger partial charge on any atom is 0.303 e. The van der Waals surface area contributed by atoms with E-state index >= 15 is 0 Å². The van der Waals surface area contributed by atoms with Crippen molar-refractivity contribution in [3.63, 3.8) is 0 Å². The lowest BCUT2D eigenvalue weighted by atomic mass is 10.1. The Hall–Kier alpha value is -1.82. The molecule has 29 heavy (non-hydrogen) atoms. The smallest absolute Gasteiger partial charge is 0.303 e. The van der Waals surface area contributed by atoms with E-state index in [2.05, 4.69) is 0 Å². The lowest BCUT2D eigenvalue weighted by molar-refractivity contribution is -0.443. The lowest BCUT2D eigenvalue weighted by Gasteiger charge is -2.11. The van der Waals surface area contributed by atoms with Crippen LogP contribution in [0.5, 0.6) is 0 Å². The zero-order valence-electron chi connectivity index (χ0n) is 16.5. The van der Waals surface area contributed by atoms with E-state index in [-0.39, 0.29) is 23.5 Å². The molecule has 11 heteroatoms. The van der Waals surface area contributed by atoms with Crippen molar-refractivity contribution in [2.75, 3.05) is 12.3 Å². The molecule has 0 radical (unpaired) electrons. The highest BCUT2D eigenvalue weighted by atomic mass is 32.2. The van der Waals surface area contributed by atoms with E-state index in [1.807, 2.05) is 11.5 Å². The van der Waals surface area contributed by atoms with Crippen molar-refractivity contribution >= 4 is 37.6 Å². The first-order chi connectivity index (χ1) is 13.3. The Morgan fingerprint density at radius 1 is 1.00 bits per heavy atom. The predicted octanol–water partition coefficient (Wildman–Crippen LogP) is 2.66. The SMILES string of the molecule is C/C(CCCS(=O)(=O)O)=[N+](\CCCCCC(=O)O)c1ccc(S(=O)(=O)O)cc1C. The Labute approximate surface area is 171 Å². The van der Waals surface area contributed by atoms with Gasteiger partial charge in [0, 0.05) is 37.8 Å². The second-order valence-corrected chi connectivity index (χ2v) is 9.90. The van der Waals surface area contributed by atoms with Crippen LogP contribution in [0.15, 0.2) is 23.1 Å². The molecule has 1 rings (SSSR count). The van der Waals surface area contributed by atoms with Crippen molar-refractivity contribution in [1.82, 2.24) is 0 Å². The Bertz CT molecular complexity index is 966. The van der Waals surface area contributed by atoms with Gasteiger partial charge >= 0.3 is 5.97 Å². The second-order valence-electron chi connectivity index (χ2n) is 6.90. The summed E-state index contributed by atoms with van der Waals surface area (Å²) in [5.41, 5.74) is 2.15. The van der Waals surface area contributed by atoms with E-state index < -0.39 is 26.2 Å². The number of unbranched alkanes of at least 4 members (excludes halogenated alkanes) is 2. The monoisotopic (exact) mass is 450 g/mol. The minimum absolute atomic E-state index is 0.0825. The van der Waals surface area contributed by atoms with Gasteiger partial charge < -0.3 is 5.11 Å². The van der Waals surface area contributed by atoms with E-state index in [4.69, 9.17) is 9.66 Å². The third-order valence-corrected chi connectivity index (χ3v) is 6.09. The molecule has 0 atom stereocenters. The molecule has 0 aliphatic heterocycles. The van der Waals surface area contributed by atoms with Gasteiger partial charge in [-0.1, -0.05) is 0 Å². The summed E-state index contributed by atoms with van der Waals surface area (Å²) in [4.78, 5) is 10.4. The summed E-state index contributed by atoms with van der Waals surface area (Å²) in [6.07, 6.45) is 2.60. The van der Waals surface area contributed by atoms with Crippen molar-refractivity contribution < 1.29 is 40.4 Å². The van der Waals surface area contributed by atoms with Crippen LogP contribution in [0.25, 0.3) is 0 Å². The van der Waals surface area contributed by atoms with Gasteiger partial charge in [0.2, 0.25) is 5.69 Å². The fourth-order valence-electron chi connectivity index (χ4n) is 2.98. The first kappa shape index (κ1) is 25.2. The van der Waals surface area contributed by atoms with Gasteiger partial charge in [-0.3, -0.25) is 13.9 Å². The molecule has 0 saturated carbocycles. The van der Waals surface area contributed by atoms with E-state index in [0.29, 0.717) is 43.5 Å². The summed E-state index contributed by atoms with van der Waals surface area (Å²) in [5.74, 6) is -1.22. The molecule has 164 valence electrons.